The van der Waals surface area contributed by atoms with Crippen molar-refractivity contribution < 1.29 is 22.7 Å². The van der Waals surface area contributed by atoms with Crippen molar-refractivity contribution in [3.63, 3.8) is 0 Å². The summed E-state index contributed by atoms with van der Waals surface area (Å²) < 4.78 is 46.9. The molecule has 0 aliphatic carbocycles. The summed E-state index contributed by atoms with van der Waals surface area (Å²) in [6.07, 6.45) is -2.78. The number of carbonyl (C=O) groups excluding carboxylic acids is 1. The second-order valence-corrected chi connectivity index (χ2v) is 5.73. The number of halogens is 3. The van der Waals surface area contributed by atoms with Gasteiger partial charge in [-0.25, -0.2) is 18.7 Å². The van der Waals surface area contributed by atoms with E-state index in [0.29, 0.717) is 10.6 Å². The number of hydrogen-bond acceptors (Lipinski definition) is 5. The van der Waals surface area contributed by atoms with Crippen LogP contribution in [0.1, 0.15) is 0 Å². The second-order valence-electron chi connectivity index (χ2n) is 5.73. The first kappa shape index (κ1) is 16.8. The highest BCUT2D eigenvalue weighted by molar-refractivity contribution is 5.98. The Morgan fingerprint density at radius 2 is 1.96 bits per heavy atom. The minimum Gasteiger partial charge on any atom is -0.423 e. The first-order valence-electron chi connectivity index (χ1n) is 7.49. The molecule has 1 aromatic carbocycles. The van der Waals surface area contributed by atoms with Gasteiger partial charge in [0, 0.05) is 19.3 Å². The van der Waals surface area contributed by atoms with Crippen LogP contribution in [-0.2, 0) is 11.8 Å². The second kappa shape index (κ2) is 5.43. The molecular formula is C16H9F3N4O4. The Kier molecular flexibility index (Phi) is 3.38. The summed E-state index contributed by atoms with van der Waals surface area (Å²) in [4.78, 5) is 40.6. The lowest BCUT2D eigenvalue weighted by Crippen LogP contribution is -2.43. The quantitative estimate of drug-likeness (QED) is 0.685. The van der Waals surface area contributed by atoms with Crippen LogP contribution >= 0.6 is 0 Å². The number of anilines is 1. The van der Waals surface area contributed by atoms with Gasteiger partial charge in [0.05, 0.1) is 16.8 Å². The Labute approximate surface area is 147 Å². The van der Waals surface area contributed by atoms with Crippen molar-refractivity contribution in [1.82, 2.24) is 14.1 Å². The Morgan fingerprint density at radius 1 is 1.22 bits per heavy atom. The lowest BCUT2D eigenvalue weighted by molar-refractivity contribution is -0.189. The minimum absolute atomic E-state index is 0.0449. The number of rotatable bonds is 1. The molecule has 1 aliphatic heterocycles. The molecule has 8 nitrogen and oxygen atoms in total. The molecule has 0 saturated carbocycles. The fourth-order valence-corrected chi connectivity index (χ4v) is 2.77. The molecule has 0 atom stereocenters. The number of benzene rings is 1. The Morgan fingerprint density at radius 3 is 2.70 bits per heavy atom. The number of hydrogen-bond donors (Lipinski definition) is 1. The molecule has 3 aromatic rings. The van der Waals surface area contributed by atoms with E-state index in [2.05, 4.69) is 9.72 Å². The largest absolute Gasteiger partial charge is 0.482 e. The van der Waals surface area contributed by atoms with Gasteiger partial charge < -0.3 is 10.1 Å². The fourth-order valence-electron chi connectivity index (χ4n) is 2.77. The third kappa shape index (κ3) is 2.39. The van der Waals surface area contributed by atoms with Crippen LogP contribution < -0.4 is 21.3 Å². The van der Waals surface area contributed by atoms with E-state index in [0.717, 1.165) is 10.6 Å². The van der Waals surface area contributed by atoms with Gasteiger partial charge in [0.25, 0.3) is 5.56 Å². The van der Waals surface area contributed by atoms with Gasteiger partial charge >= 0.3 is 17.7 Å². The van der Waals surface area contributed by atoms with E-state index in [4.69, 9.17) is 0 Å². The van der Waals surface area contributed by atoms with Crippen LogP contribution in [0.4, 0.5) is 18.9 Å². The molecule has 138 valence electrons. The normalized spacial score (nSPS) is 15.2. The highest BCUT2D eigenvalue weighted by atomic mass is 19.3. The molecule has 0 radical (unpaired) electrons. The molecule has 0 fully saturated rings. The molecule has 3 heterocycles. The smallest absolute Gasteiger partial charge is 0.423 e. The molecule has 0 spiro atoms. The van der Waals surface area contributed by atoms with Gasteiger partial charge in [-0.3, -0.25) is 14.2 Å². The maximum absolute atomic E-state index is 14.5. The van der Waals surface area contributed by atoms with E-state index < -0.39 is 40.5 Å². The van der Waals surface area contributed by atoms with E-state index in [1.165, 1.54) is 25.4 Å². The maximum Gasteiger partial charge on any atom is 0.482 e. The van der Waals surface area contributed by atoms with Gasteiger partial charge in [-0.05, 0) is 18.2 Å². The number of fused-ring (bicyclic) bond motifs is 2. The predicted octanol–water partition coefficient (Wildman–Crippen LogP) is 1.15. The minimum atomic E-state index is -4.16. The van der Waals surface area contributed by atoms with Crippen LogP contribution in [-0.4, -0.2) is 26.1 Å². The number of amides is 1. The number of nitrogens with zero attached hydrogens (tertiary/aromatic N) is 3. The van der Waals surface area contributed by atoms with Crippen molar-refractivity contribution in [3.05, 3.63) is 57.1 Å². The maximum atomic E-state index is 14.5. The molecule has 0 saturated heterocycles. The molecule has 1 amide bonds. The predicted molar refractivity (Wildman–Crippen MR) is 86.7 cm³/mol. The van der Waals surface area contributed by atoms with E-state index in [1.807, 2.05) is 5.32 Å². The molecule has 11 heteroatoms. The summed E-state index contributed by atoms with van der Waals surface area (Å²) in [7, 11) is 1.34. The Balaban J connectivity index is 2.01. The number of aryl methyl sites for hydroxylation is 1. The lowest BCUT2D eigenvalue weighted by atomic mass is 10.2. The van der Waals surface area contributed by atoms with Gasteiger partial charge in [0.2, 0.25) is 0 Å². The van der Waals surface area contributed by atoms with Crippen molar-refractivity contribution in [3.8, 4) is 11.4 Å². The summed E-state index contributed by atoms with van der Waals surface area (Å²) in [5.74, 6) is -3.55. The third-order valence-corrected chi connectivity index (χ3v) is 4.06. The van der Waals surface area contributed by atoms with Crippen molar-refractivity contribution in [2.75, 3.05) is 5.32 Å². The van der Waals surface area contributed by atoms with Crippen LogP contribution in [0.5, 0.6) is 5.75 Å². The number of carbonyl (C=O) groups is 1. The molecular weight excluding hydrogens is 369 g/mol. The summed E-state index contributed by atoms with van der Waals surface area (Å²) in [5, 5.41) is 1.91. The average molecular weight is 378 g/mol. The lowest BCUT2D eigenvalue weighted by Gasteiger charge is -2.25. The highest BCUT2D eigenvalue weighted by Crippen LogP contribution is 2.37. The monoisotopic (exact) mass is 378 g/mol. The summed E-state index contributed by atoms with van der Waals surface area (Å²) in [6.45, 7) is 0. The molecule has 2 aromatic heterocycles. The van der Waals surface area contributed by atoms with Crippen LogP contribution in [0.15, 0.2) is 40.1 Å². The van der Waals surface area contributed by atoms with Crippen LogP contribution in [0.3, 0.4) is 0 Å². The van der Waals surface area contributed by atoms with E-state index >= 15 is 0 Å². The SMILES string of the molecule is Cn1c(=O)n(-c2cc3c(cc2F)OC(F)(F)C(=O)N3)c(=O)c2cccnc21. The van der Waals surface area contributed by atoms with E-state index in [1.54, 1.807) is 0 Å². The summed E-state index contributed by atoms with van der Waals surface area (Å²) >= 11 is 0. The standard InChI is InChI=1S/C16H9F3N4O4/c1-22-12-7(3-2-4-20-12)13(24)23(15(22)26)10-6-9-11(5-8(10)17)27-16(18,19)14(25)21-9/h2-6H,1H3,(H,21,25). The number of pyridine rings is 1. The molecule has 1 N–H and O–H groups in total. The van der Waals surface area contributed by atoms with Crippen molar-refractivity contribution in [2.24, 2.45) is 7.05 Å². The zero-order valence-electron chi connectivity index (χ0n) is 13.5. The average Bonchev–Trinajstić information content (AvgIpc) is 2.62. The highest BCUT2D eigenvalue weighted by Gasteiger charge is 2.46. The molecule has 1 aliphatic rings. The van der Waals surface area contributed by atoms with Crippen molar-refractivity contribution >= 4 is 22.6 Å². The van der Waals surface area contributed by atoms with Gasteiger partial charge in [0.1, 0.15) is 5.65 Å². The fraction of sp³-hybridized carbons (Fsp3) is 0.125. The van der Waals surface area contributed by atoms with Gasteiger partial charge in [0.15, 0.2) is 11.6 Å². The number of ether oxygens (including phenoxy) is 1. The Bertz CT molecular complexity index is 1250. The van der Waals surface area contributed by atoms with Crippen molar-refractivity contribution in [1.29, 1.82) is 0 Å². The van der Waals surface area contributed by atoms with Crippen LogP contribution in [0, 0.1) is 5.82 Å². The topological polar surface area (TPSA) is 95.2 Å². The van der Waals surface area contributed by atoms with E-state index in [9.17, 15) is 27.6 Å². The zero-order valence-corrected chi connectivity index (χ0v) is 13.5. The number of nitrogens with one attached hydrogen (secondary N) is 1. The molecule has 0 bridgehead atoms. The number of aromatic nitrogens is 3. The first-order chi connectivity index (χ1) is 12.7. The molecule has 4 rings (SSSR count). The third-order valence-electron chi connectivity index (χ3n) is 4.06. The van der Waals surface area contributed by atoms with Gasteiger partial charge in [-0.1, -0.05) is 0 Å². The molecule has 0 unspecified atom stereocenters. The van der Waals surface area contributed by atoms with Gasteiger partial charge in [-0.15, -0.1) is 0 Å². The van der Waals surface area contributed by atoms with E-state index in [-0.39, 0.29) is 16.7 Å². The molecule has 27 heavy (non-hydrogen) atoms. The van der Waals surface area contributed by atoms with Crippen molar-refractivity contribution in [2.45, 2.75) is 6.11 Å². The Hall–Kier alpha value is -3.63. The van der Waals surface area contributed by atoms with Crippen LogP contribution in [0.2, 0.25) is 0 Å². The summed E-state index contributed by atoms with van der Waals surface area (Å²) in [6, 6.07) is 4.32. The van der Waals surface area contributed by atoms with Gasteiger partial charge in [-0.2, -0.15) is 8.78 Å². The summed E-state index contributed by atoms with van der Waals surface area (Å²) in [5.41, 5.74) is -2.49. The first-order valence-corrected chi connectivity index (χ1v) is 7.49. The zero-order chi connectivity index (χ0) is 19.5. The van der Waals surface area contributed by atoms with Crippen LogP contribution in [0.25, 0.3) is 16.7 Å². The number of alkyl halides is 2.